The van der Waals surface area contributed by atoms with Crippen LogP contribution >= 0.6 is 0 Å². The molecule has 128 valence electrons. The zero-order valence-electron chi connectivity index (χ0n) is 13.3. The molecule has 0 bridgehead atoms. The molecule has 0 aromatic carbocycles. The van der Waals surface area contributed by atoms with Crippen LogP contribution < -0.4 is 15.3 Å². The first-order valence-corrected chi connectivity index (χ1v) is 8.17. The second kappa shape index (κ2) is 10.2. The fourth-order valence-corrected chi connectivity index (χ4v) is 1.54. The van der Waals surface area contributed by atoms with Crippen LogP contribution in [0, 0.1) is 0 Å². The first-order valence-electron chi connectivity index (χ1n) is 6.77. The van der Waals surface area contributed by atoms with Crippen LogP contribution in [-0.4, -0.2) is 59.7 Å². The standard InChI is InChI=1S/C11H22N6.H2O4S/c1-5-7-17(8-6-2)11-14-9-13-10(15-11)16(4)12-3;1-5(2,3)4/h9,12H,5-8H2,1-4H3;(H2,1,2,3,4). The molecule has 0 unspecified atom stereocenters. The van der Waals surface area contributed by atoms with Crippen molar-refractivity contribution >= 4 is 22.3 Å². The van der Waals surface area contributed by atoms with E-state index in [2.05, 4.69) is 39.1 Å². The Morgan fingerprint density at radius 1 is 1.14 bits per heavy atom. The Bertz CT molecular complexity index is 513. The van der Waals surface area contributed by atoms with E-state index in [1.54, 1.807) is 11.3 Å². The average Bonchev–Trinajstić information content (AvgIpc) is 2.44. The lowest BCUT2D eigenvalue weighted by Gasteiger charge is -2.22. The van der Waals surface area contributed by atoms with Crippen LogP contribution in [0.3, 0.4) is 0 Å². The van der Waals surface area contributed by atoms with Gasteiger partial charge in [0.25, 0.3) is 0 Å². The number of hydrogen-bond donors (Lipinski definition) is 3. The number of aromatic nitrogens is 3. The number of nitrogens with zero attached hydrogens (tertiary/aromatic N) is 5. The lowest BCUT2D eigenvalue weighted by Crippen LogP contribution is -2.33. The summed E-state index contributed by atoms with van der Waals surface area (Å²) < 4.78 is 31.6. The highest BCUT2D eigenvalue weighted by Gasteiger charge is 2.10. The predicted octanol–water partition coefficient (Wildman–Crippen LogP) is 0.416. The Morgan fingerprint density at radius 3 is 2.00 bits per heavy atom. The second-order valence-electron chi connectivity index (χ2n) is 4.30. The second-order valence-corrected chi connectivity index (χ2v) is 5.20. The van der Waals surface area contributed by atoms with E-state index in [1.165, 1.54) is 0 Å². The molecule has 0 fully saturated rings. The summed E-state index contributed by atoms with van der Waals surface area (Å²) in [5.74, 6) is 1.38. The first kappa shape index (κ1) is 20.4. The zero-order valence-corrected chi connectivity index (χ0v) is 14.1. The summed E-state index contributed by atoms with van der Waals surface area (Å²) in [4.78, 5) is 15.0. The average molecular weight is 336 g/mol. The molecule has 3 N–H and O–H groups in total. The summed E-state index contributed by atoms with van der Waals surface area (Å²) in [5, 5.41) is 1.77. The zero-order chi connectivity index (χ0) is 17.2. The lowest BCUT2D eigenvalue weighted by atomic mass is 10.4. The van der Waals surface area contributed by atoms with Crippen LogP contribution in [0.1, 0.15) is 26.7 Å². The van der Waals surface area contributed by atoms with E-state index >= 15 is 0 Å². The Kier molecular flexibility index (Phi) is 9.49. The van der Waals surface area contributed by atoms with Crippen molar-refractivity contribution in [1.82, 2.24) is 20.4 Å². The highest BCUT2D eigenvalue weighted by molar-refractivity contribution is 7.79. The van der Waals surface area contributed by atoms with Crippen LogP contribution in [-0.2, 0) is 10.4 Å². The van der Waals surface area contributed by atoms with E-state index in [4.69, 9.17) is 17.5 Å². The summed E-state index contributed by atoms with van der Waals surface area (Å²) in [7, 11) is -0.956. The molecule has 0 saturated heterocycles. The number of rotatable bonds is 7. The van der Waals surface area contributed by atoms with Crippen molar-refractivity contribution in [2.45, 2.75) is 26.7 Å². The van der Waals surface area contributed by atoms with E-state index < -0.39 is 10.4 Å². The van der Waals surface area contributed by atoms with Crippen LogP contribution in [0.15, 0.2) is 6.33 Å². The third-order valence-electron chi connectivity index (χ3n) is 2.45. The van der Waals surface area contributed by atoms with Crippen molar-refractivity contribution in [1.29, 1.82) is 0 Å². The number of hydrazine groups is 1. The topological polar surface area (TPSA) is 132 Å². The fraction of sp³-hybridized carbons (Fsp3) is 0.727. The highest BCUT2D eigenvalue weighted by Crippen LogP contribution is 2.10. The first-order chi connectivity index (χ1) is 10.2. The van der Waals surface area contributed by atoms with E-state index in [9.17, 15) is 0 Å². The van der Waals surface area contributed by atoms with E-state index in [1.807, 2.05) is 14.1 Å². The third kappa shape index (κ3) is 9.39. The van der Waals surface area contributed by atoms with Gasteiger partial charge in [-0.15, -0.1) is 0 Å². The Hall–Kier alpha value is -1.56. The lowest BCUT2D eigenvalue weighted by molar-refractivity contribution is 0.381. The maximum Gasteiger partial charge on any atom is 0.394 e. The van der Waals surface area contributed by atoms with Crippen molar-refractivity contribution in [2.24, 2.45) is 0 Å². The molecule has 1 aromatic heterocycles. The fourth-order valence-electron chi connectivity index (χ4n) is 1.54. The van der Waals surface area contributed by atoms with E-state index in [-0.39, 0.29) is 0 Å². The van der Waals surface area contributed by atoms with E-state index in [0.29, 0.717) is 5.95 Å². The van der Waals surface area contributed by atoms with Gasteiger partial charge in [-0.2, -0.15) is 18.4 Å². The molecule has 0 aliphatic rings. The van der Waals surface area contributed by atoms with Crippen LogP contribution in [0.2, 0.25) is 0 Å². The molecule has 22 heavy (non-hydrogen) atoms. The molecular formula is C11H24N6O4S. The molecule has 0 aliphatic heterocycles. The summed E-state index contributed by atoms with van der Waals surface area (Å²) in [6.45, 7) is 6.26. The van der Waals surface area contributed by atoms with Gasteiger partial charge in [0.15, 0.2) is 0 Å². The van der Waals surface area contributed by atoms with Gasteiger partial charge < -0.3 is 4.90 Å². The minimum Gasteiger partial charge on any atom is -0.341 e. The maximum atomic E-state index is 8.74. The van der Waals surface area contributed by atoms with E-state index in [0.717, 1.165) is 31.9 Å². The number of anilines is 2. The monoisotopic (exact) mass is 336 g/mol. The van der Waals surface area contributed by atoms with Crippen molar-refractivity contribution in [3.8, 4) is 0 Å². The van der Waals surface area contributed by atoms with Gasteiger partial charge in [0.05, 0.1) is 0 Å². The van der Waals surface area contributed by atoms with Gasteiger partial charge in [0.2, 0.25) is 11.9 Å². The van der Waals surface area contributed by atoms with Crippen LogP contribution in [0.5, 0.6) is 0 Å². The van der Waals surface area contributed by atoms with Crippen molar-refractivity contribution < 1.29 is 17.5 Å². The molecule has 0 atom stereocenters. The predicted molar refractivity (Wildman–Crippen MR) is 84.3 cm³/mol. The molecular weight excluding hydrogens is 312 g/mol. The maximum absolute atomic E-state index is 8.74. The van der Waals surface area contributed by atoms with Gasteiger partial charge in [-0.05, 0) is 12.8 Å². The minimum atomic E-state index is -4.67. The van der Waals surface area contributed by atoms with Crippen molar-refractivity contribution in [3.05, 3.63) is 6.33 Å². The molecule has 10 nitrogen and oxygen atoms in total. The minimum absolute atomic E-state index is 0.634. The summed E-state index contributed by atoms with van der Waals surface area (Å²) in [5.41, 5.74) is 2.97. The Balaban J connectivity index is 0.000000763. The SMILES string of the molecule is CCCN(CCC)c1ncnc(N(C)NC)n1.O=S(=O)(O)O. The van der Waals surface area contributed by atoms with Gasteiger partial charge in [0.1, 0.15) is 6.33 Å². The van der Waals surface area contributed by atoms with Gasteiger partial charge in [-0.3, -0.25) is 14.1 Å². The Morgan fingerprint density at radius 2 is 1.59 bits per heavy atom. The summed E-state index contributed by atoms with van der Waals surface area (Å²) >= 11 is 0. The molecule has 1 aromatic rings. The molecule has 0 radical (unpaired) electrons. The normalized spacial score (nSPS) is 10.6. The van der Waals surface area contributed by atoms with Gasteiger partial charge in [-0.1, -0.05) is 13.8 Å². The molecule has 0 spiro atoms. The summed E-state index contributed by atoms with van der Waals surface area (Å²) in [6.07, 6.45) is 3.73. The molecule has 11 heteroatoms. The number of nitrogens with one attached hydrogen (secondary N) is 1. The quantitative estimate of drug-likeness (QED) is 0.475. The van der Waals surface area contributed by atoms with Gasteiger partial charge in [0, 0.05) is 27.2 Å². The van der Waals surface area contributed by atoms with Crippen LogP contribution in [0.4, 0.5) is 11.9 Å². The van der Waals surface area contributed by atoms with Gasteiger partial charge >= 0.3 is 10.4 Å². The third-order valence-corrected chi connectivity index (χ3v) is 2.45. The smallest absolute Gasteiger partial charge is 0.341 e. The van der Waals surface area contributed by atoms with Crippen molar-refractivity contribution in [2.75, 3.05) is 37.1 Å². The summed E-state index contributed by atoms with van der Waals surface area (Å²) in [6, 6.07) is 0. The molecule has 0 amide bonds. The highest BCUT2D eigenvalue weighted by atomic mass is 32.3. The van der Waals surface area contributed by atoms with Gasteiger partial charge in [-0.25, -0.2) is 10.4 Å². The molecule has 0 aliphatic carbocycles. The molecule has 0 saturated carbocycles. The van der Waals surface area contributed by atoms with Crippen LogP contribution in [0.25, 0.3) is 0 Å². The van der Waals surface area contributed by atoms with Crippen molar-refractivity contribution in [3.63, 3.8) is 0 Å². The largest absolute Gasteiger partial charge is 0.394 e. The molecule has 1 rings (SSSR count). The molecule has 1 heterocycles. The Labute approximate surface area is 131 Å². The number of hydrogen-bond acceptors (Lipinski definition) is 8.